The van der Waals surface area contributed by atoms with Gasteiger partial charge in [-0.2, -0.15) is 0 Å². The second kappa shape index (κ2) is 27.4. The van der Waals surface area contributed by atoms with Gasteiger partial charge in [-0.3, -0.25) is 0 Å². The van der Waals surface area contributed by atoms with Crippen LogP contribution in [0.5, 0.6) is 0 Å². The number of allylic oxidation sites excluding steroid dienone is 5. The second-order valence-electron chi connectivity index (χ2n) is 11.5. The summed E-state index contributed by atoms with van der Waals surface area (Å²) in [7, 11) is 4.23. The Balaban J connectivity index is 4.19. The Morgan fingerprint density at radius 1 is 0.763 bits per heavy atom. The molecule has 0 rings (SSSR count). The lowest BCUT2D eigenvalue weighted by Crippen LogP contribution is -2.34. The minimum Gasteiger partial charge on any atom is -0.365 e. The fraction of sp³-hybridized carbons (Fsp3) is 0.800. The third kappa shape index (κ3) is 26.5. The highest BCUT2D eigenvalue weighted by atomic mass is 16.6. The predicted octanol–water partition coefficient (Wildman–Crippen LogP) is 10.2. The second-order valence-corrected chi connectivity index (χ2v) is 11.5. The van der Waals surface area contributed by atoms with Crippen molar-refractivity contribution in [1.82, 2.24) is 4.90 Å². The normalized spacial score (nSPS) is 14.3. The number of hydrogen-bond acceptors (Lipinski definition) is 3. The van der Waals surface area contributed by atoms with Gasteiger partial charge in [0.05, 0.1) is 6.61 Å². The molecule has 0 saturated carbocycles. The molecule has 0 fully saturated rings. The van der Waals surface area contributed by atoms with E-state index in [9.17, 15) is 5.11 Å². The number of hydrogen-bond donors (Lipinski definition) is 1. The highest BCUT2D eigenvalue weighted by Gasteiger charge is 2.27. The Morgan fingerprint density at radius 3 is 1.97 bits per heavy atom. The van der Waals surface area contributed by atoms with Crippen LogP contribution in [0.25, 0.3) is 0 Å². The van der Waals surface area contributed by atoms with Crippen molar-refractivity contribution < 1.29 is 9.84 Å². The molecular formula is C35H65NO2. The maximum Gasteiger partial charge on any atom is 0.165 e. The summed E-state index contributed by atoms with van der Waals surface area (Å²) in [6, 6.07) is 0. The van der Waals surface area contributed by atoms with Crippen LogP contribution in [0, 0.1) is 5.92 Å². The number of aliphatic hydroxyl groups is 1. The molecule has 3 nitrogen and oxygen atoms in total. The molecule has 0 aliphatic carbocycles. The largest absolute Gasteiger partial charge is 0.365 e. The summed E-state index contributed by atoms with van der Waals surface area (Å²) in [4.78, 5) is 2.22. The van der Waals surface area contributed by atoms with Crippen LogP contribution in [0.1, 0.15) is 143 Å². The van der Waals surface area contributed by atoms with Gasteiger partial charge in [0.25, 0.3) is 0 Å². The van der Waals surface area contributed by atoms with Crippen LogP contribution in [0.4, 0.5) is 0 Å². The lowest BCUT2D eigenvalue weighted by molar-refractivity contribution is -0.219. The Kier molecular flexibility index (Phi) is 26.6. The van der Waals surface area contributed by atoms with Crippen molar-refractivity contribution >= 4 is 0 Å². The summed E-state index contributed by atoms with van der Waals surface area (Å²) in [5.41, 5.74) is 3.31. The fourth-order valence-corrected chi connectivity index (χ4v) is 4.50. The van der Waals surface area contributed by atoms with E-state index < -0.39 is 5.79 Å². The zero-order chi connectivity index (χ0) is 28.2. The van der Waals surface area contributed by atoms with Gasteiger partial charge < -0.3 is 14.7 Å². The van der Waals surface area contributed by atoms with Crippen LogP contribution in [0.3, 0.4) is 0 Å². The van der Waals surface area contributed by atoms with Crippen molar-refractivity contribution in [3.05, 3.63) is 42.2 Å². The lowest BCUT2D eigenvalue weighted by atomic mass is 9.98. The third-order valence-electron chi connectivity index (χ3n) is 7.12. The van der Waals surface area contributed by atoms with Crippen molar-refractivity contribution in [1.29, 1.82) is 0 Å². The van der Waals surface area contributed by atoms with Crippen LogP contribution < -0.4 is 0 Å². The maximum atomic E-state index is 11.3. The molecule has 0 aromatic rings. The maximum absolute atomic E-state index is 11.3. The van der Waals surface area contributed by atoms with E-state index in [1.54, 1.807) is 0 Å². The zero-order valence-corrected chi connectivity index (χ0v) is 26.2. The topological polar surface area (TPSA) is 32.7 Å². The molecule has 0 amide bonds. The van der Waals surface area contributed by atoms with E-state index in [2.05, 4.69) is 82.0 Å². The first-order valence-corrected chi connectivity index (χ1v) is 16.1. The molecule has 38 heavy (non-hydrogen) atoms. The molecule has 0 aliphatic heterocycles. The molecule has 2 atom stereocenters. The molecule has 0 aromatic carbocycles. The van der Waals surface area contributed by atoms with Crippen molar-refractivity contribution in [3.63, 3.8) is 0 Å². The van der Waals surface area contributed by atoms with Gasteiger partial charge in [-0.15, -0.1) is 5.73 Å². The van der Waals surface area contributed by atoms with Gasteiger partial charge in [0, 0.05) is 12.8 Å². The molecule has 0 saturated heterocycles. The Morgan fingerprint density at radius 2 is 1.34 bits per heavy atom. The molecule has 0 aromatic heterocycles. The van der Waals surface area contributed by atoms with Gasteiger partial charge in [-0.25, -0.2) is 0 Å². The average molecular weight is 532 g/mol. The van der Waals surface area contributed by atoms with Gasteiger partial charge in [0.15, 0.2) is 5.79 Å². The fourth-order valence-electron chi connectivity index (χ4n) is 4.50. The van der Waals surface area contributed by atoms with E-state index in [0.29, 0.717) is 12.5 Å². The van der Waals surface area contributed by atoms with Crippen LogP contribution in [0.2, 0.25) is 0 Å². The van der Waals surface area contributed by atoms with Crippen LogP contribution in [-0.2, 0) is 4.74 Å². The molecule has 0 heterocycles. The SMILES string of the molecule is CC/C=C\C/C=C\CC=C=CCCCCCCCC(O)(CCCCCCCCC)OCC(C)CCN(C)C. The Bertz CT molecular complexity index is 617. The monoisotopic (exact) mass is 532 g/mol. The smallest absolute Gasteiger partial charge is 0.165 e. The number of nitrogens with zero attached hydrogens (tertiary/aromatic N) is 1. The summed E-state index contributed by atoms with van der Waals surface area (Å²) in [5.74, 6) is -0.469. The first kappa shape index (κ1) is 36.9. The van der Waals surface area contributed by atoms with E-state index in [4.69, 9.17) is 4.74 Å². The molecule has 0 bridgehead atoms. The molecule has 222 valence electrons. The Hall–Kier alpha value is -1.12. The number of unbranched alkanes of at least 4 members (excludes halogenated alkanes) is 11. The summed E-state index contributed by atoms with van der Waals surface area (Å²) < 4.78 is 6.21. The first-order chi connectivity index (χ1) is 18.4. The minimum absolute atomic E-state index is 0.471. The summed E-state index contributed by atoms with van der Waals surface area (Å²) in [6.07, 6.45) is 34.8. The summed E-state index contributed by atoms with van der Waals surface area (Å²) >= 11 is 0. The predicted molar refractivity (Wildman–Crippen MR) is 169 cm³/mol. The van der Waals surface area contributed by atoms with Gasteiger partial charge in [0.2, 0.25) is 0 Å². The molecule has 0 spiro atoms. The van der Waals surface area contributed by atoms with Crippen LogP contribution >= 0.6 is 0 Å². The van der Waals surface area contributed by atoms with E-state index in [-0.39, 0.29) is 0 Å². The Labute approximate surface area is 238 Å². The number of ether oxygens (including phenoxy) is 1. The molecule has 0 radical (unpaired) electrons. The van der Waals surface area contributed by atoms with Crippen LogP contribution in [0.15, 0.2) is 42.2 Å². The molecule has 3 heteroatoms. The van der Waals surface area contributed by atoms with E-state index >= 15 is 0 Å². The molecule has 1 N–H and O–H groups in total. The van der Waals surface area contributed by atoms with Crippen LogP contribution in [-0.4, -0.2) is 43.0 Å². The molecule has 2 unspecified atom stereocenters. The number of rotatable bonds is 27. The van der Waals surface area contributed by atoms with Crippen molar-refractivity contribution in [3.8, 4) is 0 Å². The zero-order valence-electron chi connectivity index (χ0n) is 26.2. The minimum atomic E-state index is -0.940. The average Bonchev–Trinajstić information content (AvgIpc) is 2.90. The standard InChI is InChI=1S/C35H65NO2/c1-6-8-10-12-14-15-16-17-18-19-20-21-22-24-26-28-31-35(37,30-27-25-23-13-11-9-7-2)38-33-34(3)29-32-36(4)5/h8,10,14-15,17,19,34,37H,6-7,9,11-13,16,20-33H2,1-5H3/b10-8-,15-14-. The van der Waals surface area contributed by atoms with Crippen molar-refractivity contribution in [2.75, 3.05) is 27.2 Å². The van der Waals surface area contributed by atoms with Crippen molar-refractivity contribution in [2.24, 2.45) is 5.92 Å². The van der Waals surface area contributed by atoms with Gasteiger partial charge in [-0.1, -0.05) is 103 Å². The third-order valence-corrected chi connectivity index (χ3v) is 7.12. The van der Waals surface area contributed by atoms with Crippen molar-refractivity contribution in [2.45, 2.75) is 149 Å². The van der Waals surface area contributed by atoms with Gasteiger partial charge >= 0.3 is 0 Å². The van der Waals surface area contributed by atoms with E-state index in [0.717, 1.165) is 64.3 Å². The highest BCUT2D eigenvalue weighted by Crippen LogP contribution is 2.26. The lowest BCUT2D eigenvalue weighted by Gasteiger charge is -2.30. The molecular weight excluding hydrogens is 466 g/mol. The molecule has 0 aliphatic rings. The van der Waals surface area contributed by atoms with Gasteiger partial charge in [0.1, 0.15) is 0 Å². The first-order valence-electron chi connectivity index (χ1n) is 16.1. The summed E-state index contributed by atoms with van der Waals surface area (Å²) in [6.45, 7) is 8.40. The van der Waals surface area contributed by atoms with Gasteiger partial charge in [-0.05, 0) is 90.1 Å². The highest BCUT2D eigenvalue weighted by molar-refractivity contribution is 4.97. The van der Waals surface area contributed by atoms with E-state index in [1.165, 1.54) is 64.2 Å². The van der Waals surface area contributed by atoms with E-state index in [1.807, 2.05) is 0 Å². The summed E-state index contributed by atoms with van der Waals surface area (Å²) in [5, 5.41) is 11.3. The quantitative estimate of drug-likeness (QED) is 0.0495.